The van der Waals surface area contributed by atoms with E-state index in [0.717, 1.165) is 32.7 Å². The van der Waals surface area contributed by atoms with Crippen molar-refractivity contribution in [1.82, 2.24) is 14.7 Å². The summed E-state index contributed by atoms with van der Waals surface area (Å²) in [5, 5.41) is 0. The molecule has 26 heavy (non-hydrogen) atoms. The van der Waals surface area contributed by atoms with E-state index in [4.69, 9.17) is 0 Å². The van der Waals surface area contributed by atoms with Gasteiger partial charge in [-0.2, -0.15) is 0 Å². The zero-order valence-electron chi connectivity index (χ0n) is 15.8. The lowest BCUT2D eigenvalue weighted by Crippen LogP contribution is -2.53. The first-order valence-corrected chi connectivity index (χ1v) is 9.36. The summed E-state index contributed by atoms with van der Waals surface area (Å²) >= 11 is 0. The van der Waals surface area contributed by atoms with Crippen LogP contribution in [-0.2, 0) is 17.9 Å². The highest BCUT2D eigenvalue weighted by Crippen LogP contribution is 2.19. The van der Waals surface area contributed by atoms with Crippen molar-refractivity contribution in [3.05, 3.63) is 71.8 Å². The first-order chi connectivity index (χ1) is 12.6. The molecule has 0 aliphatic carbocycles. The number of hydrogen-bond acceptors (Lipinski definition) is 3. The fourth-order valence-electron chi connectivity index (χ4n) is 3.55. The van der Waals surface area contributed by atoms with Gasteiger partial charge in [0.2, 0.25) is 5.91 Å². The lowest BCUT2D eigenvalue weighted by molar-refractivity contribution is -0.130. The van der Waals surface area contributed by atoms with Gasteiger partial charge in [0.1, 0.15) is 0 Å². The summed E-state index contributed by atoms with van der Waals surface area (Å²) in [6.45, 7) is 4.82. The Kier molecular flexibility index (Phi) is 6.42. The molecule has 2 aromatic rings. The molecule has 1 unspecified atom stereocenters. The van der Waals surface area contributed by atoms with Crippen LogP contribution in [0.3, 0.4) is 0 Å². The summed E-state index contributed by atoms with van der Waals surface area (Å²) in [5.41, 5.74) is 2.65. The van der Waals surface area contributed by atoms with Crippen molar-refractivity contribution in [2.45, 2.75) is 25.6 Å². The van der Waals surface area contributed by atoms with Crippen LogP contribution in [-0.4, -0.2) is 60.4 Å². The van der Waals surface area contributed by atoms with Gasteiger partial charge in [-0.05, 0) is 11.1 Å². The number of rotatable bonds is 6. The second-order valence-corrected chi connectivity index (χ2v) is 7.32. The zero-order valence-corrected chi connectivity index (χ0v) is 15.8. The van der Waals surface area contributed by atoms with Gasteiger partial charge in [0.25, 0.3) is 0 Å². The summed E-state index contributed by atoms with van der Waals surface area (Å²) < 4.78 is 0. The number of carbonyl (C=O) groups is 1. The molecule has 3 rings (SSSR count). The van der Waals surface area contributed by atoms with Gasteiger partial charge in [-0.3, -0.25) is 14.6 Å². The number of piperazine rings is 1. The molecular weight excluding hydrogens is 322 g/mol. The van der Waals surface area contributed by atoms with E-state index < -0.39 is 0 Å². The van der Waals surface area contributed by atoms with Crippen molar-refractivity contribution in [2.24, 2.45) is 0 Å². The van der Waals surface area contributed by atoms with E-state index in [9.17, 15) is 4.79 Å². The smallest absolute Gasteiger partial charge is 0.223 e. The SMILES string of the molecule is CN(C)C(=O)CC1CN(Cc2ccccc2)CCN1Cc1ccccc1. The van der Waals surface area contributed by atoms with Crippen LogP contribution in [0.1, 0.15) is 17.5 Å². The van der Waals surface area contributed by atoms with Gasteiger partial charge in [0.15, 0.2) is 0 Å². The molecule has 0 N–H and O–H groups in total. The maximum absolute atomic E-state index is 12.4. The van der Waals surface area contributed by atoms with Crippen LogP contribution in [0.5, 0.6) is 0 Å². The number of carbonyl (C=O) groups excluding carboxylic acids is 1. The largest absolute Gasteiger partial charge is 0.349 e. The molecule has 1 aliphatic rings. The fourth-order valence-corrected chi connectivity index (χ4v) is 3.55. The summed E-state index contributed by atoms with van der Waals surface area (Å²) in [4.78, 5) is 19.0. The first-order valence-electron chi connectivity index (χ1n) is 9.36. The Balaban J connectivity index is 1.68. The third-order valence-corrected chi connectivity index (χ3v) is 5.08. The number of amides is 1. The van der Waals surface area contributed by atoms with Gasteiger partial charge >= 0.3 is 0 Å². The molecule has 1 saturated heterocycles. The summed E-state index contributed by atoms with van der Waals surface area (Å²) in [5.74, 6) is 0.203. The molecule has 1 aliphatic heterocycles. The highest BCUT2D eigenvalue weighted by molar-refractivity contribution is 5.76. The van der Waals surface area contributed by atoms with E-state index in [2.05, 4.69) is 64.4 Å². The second kappa shape index (κ2) is 8.97. The van der Waals surface area contributed by atoms with Crippen LogP contribution in [0.15, 0.2) is 60.7 Å². The van der Waals surface area contributed by atoms with Crippen LogP contribution >= 0.6 is 0 Å². The molecule has 4 nitrogen and oxygen atoms in total. The first kappa shape index (κ1) is 18.6. The third-order valence-electron chi connectivity index (χ3n) is 5.08. The van der Waals surface area contributed by atoms with Gasteiger partial charge in [-0.1, -0.05) is 60.7 Å². The molecule has 0 saturated carbocycles. The van der Waals surface area contributed by atoms with Crippen molar-refractivity contribution < 1.29 is 4.79 Å². The Morgan fingerprint density at radius 2 is 1.50 bits per heavy atom. The van der Waals surface area contributed by atoms with E-state index in [1.54, 1.807) is 4.90 Å². The van der Waals surface area contributed by atoms with Crippen molar-refractivity contribution in [1.29, 1.82) is 0 Å². The average Bonchev–Trinajstić information content (AvgIpc) is 2.65. The van der Waals surface area contributed by atoms with Crippen molar-refractivity contribution in [3.63, 3.8) is 0 Å². The molecule has 1 fully saturated rings. The number of hydrogen-bond donors (Lipinski definition) is 0. The maximum Gasteiger partial charge on any atom is 0.223 e. The van der Waals surface area contributed by atoms with Crippen molar-refractivity contribution >= 4 is 5.91 Å². The zero-order chi connectivity index (χ0) is 18.4. The Morgan fingerprint density at radius 1 is 0.923 bits per heavy atom. The third kappa shape index (κ3) is 5.16. The van der Waals surface area contributed by atoms with Crippen molar-refractivity contribution in [3.8, 4) is 0 Å². The minimum atomic E-state index is 0.203. The predicted molar refractivity (Wildman–Crippen MR) is 106 cm³/mol. The lowest BCUT2D eigenvalue weighted by atomic mass is 10.0. The summed E-state index contributed by atoms with van der Waals surface area (Å²) in [7, 11) is 3.68. The molecule has 1 amide bonds. The van der Waals surface area contributed by atoms with Gasteiger partial charge in [-0.25, -0.2) is 0 Å². The normalized spacial score (nSPS) is 18.6. The molecule has 1 heterocycles. The van der Waals surface area contributed by atoms with Crippen LogP contribution in [0.4, 0.5) is 0 Å². The van der Waals surface area contributed by atoms with Gasteiger partial charge in [0, 0.05) is 59.3 Å². The van der Waals surface area contributed by atoms with E-state index >= 15 is 0 Å². The number of benzene rings is 2. The minimum Gasteiger partial charge on any atom is -0.349 e. The number of nitrogens with zero attached hydrogens (tertiary/aromatic N) is 3. The topological polar surface area (TPSA) is 26.8 Å². The minimum absolute atomic E-state index is 0.203. The standard InChI is InChI=1S/C22H29N3O/c1-23(2)22(26)15-21-18-24(16-19-9-5-3-6-10-19)13-14-25(21)17-20-11-7-4-8-12-20/h3-12,21H,13-18H2,1-2H3. The molecule has 0 radical (unpaired) electrons. The highest BCUT2D eigenvalue weighted by Gasteiger charge is 2.29. The summed E-state index contributed by atoms with van der Waals surface area (Å²) in [6.07, 6.45) is 0.575. The molecule has 0 bridgehead atoms. The molecule has 0 aromatic heterocycles. The van der Waals surface area contributed by atoms with Crippen LogP contribution in [0.25, 0.3) is 0 Å². The van der Waals surface area contributed by atoms with Crippen LogP contribution in [0.2, 0.25) is 0 Å². The van der Waals surface area contributed by atoms with Crippen molar-refractivity contribution in [2.75, 3.05) is 33.7 Å². The molecule has 0 spiro atoms. The Morgan fingerprint density at radius 3 is 2.08 bits per heavy atom. The van der Waals surface area contributed by atoms with E-state index in [1.807, 2.05) is 20.2 Å². The lowest BCUT2D eigenvalue weighted by Gasteiger charge is -2.41. The second-order valence-electron chi connectivity index (χ2n) is 7.32. The molecule has 4 heteroatoms. The molecule has 138 valence electrons. The molecular formula is C22H29N3O. The quantitative estimate of drug-likeness (QED) is 0.801. The van der Waals surface area contributed by atoms with E-state index in [-0.39, 0.29) is 11.9 Å². The predicted octanol–water partition coefficient (Wildman–Crippen LogP) is 2.85. The van der Waals surface area contributed by atoms with E-state index in [0.29, 0.717) is 6.42 Å². The molecule has 2 aromatic carbocycles. The van der Waals surface area contributed by atoms with Crippen LogP contribution in [0, 0.1) is 0 Å². The fraction of sp³-hybridized carbons (Fsp3) is 0.409. The molecule has 1 atom stereocenters. The van der Waals surface area contributed by atoms with Gasteiger partial charge in [0.05, 0.1) is 0 Å². The summed E-state index contributed by atoms with van der Waals surface area (Å²) in [6, 6.07) is 21.4. The van der Waals surface area contributed by atoms with E-state index in [1.165, 1.54) is 11.1 Å². The maximum atomic E-state index is 12.4. The van der Waals surface area contributed by atoms with Gasteiger partial charge in [-0.15, -0.1) is 0 Å². The monoisotopic (exact) mass is 351 g/mol. The van der Waals surface area contributed by atoms with Gasteiger partial charge < -0.3 is 4.90 Å². The Labute approximate surface area is 157 Å². The Hall–Kier alpha value is -2.17. The highest BCUT2D eigenvalue weighted by atomic mass is 16.2. The van der Waals surface area contributed by atoms with Crippen LogP contribution < -0.4 is 0 Å². The average molecular weight is 351 g/mol. The Bertz CT molecular complexity index is 687.